The Morgan fingerprint density at radius 1 is 1.25 bits per heavy atom. The van der Waals surface area contributed by atoms with E-state index in [9.17, 15) is 4.79 Å². The number of carbonyl (C=O) groups is 1. The first kappa shape index (κ1) is 9.50. The van der Waals surface area contributed by atoms with Crippen molar-refractivity contribution in [3.63, 3.8) is 0 Å². The lowest BCUT2D eigenvalue weighted by molar-refractivity contribution is -0.129. The van der Waals surface area contributed by atoms with Gasteiger partial charge in [-0.1, -0.05) is 33.3 Å². The third-order valence-corrected chi connectivity index (χ3v) is 3.41. The van der Waals surface area contributed by atoms with E-state index >= 15 is 0 Å². The minimum absolute atomic E-state index is 0.100. The van der Waals surface area contributed by atoms with Gasteiger partial charge in [-0.15, -0.1) is 0 Å². The minimum Gasteiger partial charge on any atom is -0.294 e. The fourth-order valence-corrected chi connectivity index (χ4v) is 1.71. The van der Waals surface area contributed by atoms with Crippen molar-refractivity contribution in [1.29, 1.82) is 0 Å². The molecule has 1 aliphatic carbocycles. The highest BCUT2D eigenvalue weighted by atomic mass is 16.1. The van der Waals surface area contributed by atoms with Gasteiger partial charge in [0.1, 0.15) is 0 Å². The maximum atomic E-state index is 11.7. The molecule has 0 saturated carbocycles. The van der Waals surface area contributed by atoms with E-state index in [4.69, 9.17) is 0 Å². The van der Waals surface area contributed by atoms with E-state index in [0.29, 0.717) is 0 Å². The van der Waals surface area contributed by atoms with Crippen molar-refractivity contribution < 1.29 is 4.79 Å². The SMILES string of the molecule is CC1=CC(=O)C(C)(C)C(C)(C)C1. The summed E-state index contributed by atoms with van der Waals surface area (Å²) in [7, 11) is 0. The highest BCUT2D eigenvalue weighted by molar-refractivity contribution is 5.96. The molecule has 1 heteroatoms. The smallest absolute Gasteiger partial charge is 0.161 e. The van der Waals surface area contributed by atoms with Crippen LogP contribution in [0, 0.1) is 10.8 Å². The summed E-state index contributed by atoms with van der Waals surface area (Å²) < 4.78 is 0. The fraction of sp³-hybridized carbons (Fsp3) is 0.727. The first-order valence-corrected chi connectivity index (χ1v) is 4.49. The zero-order valence-corrected chi connectivity index (χ0v) is 8.69. The van der Waals surface area contributed by atoms with Gasteiger partial charge in [-0.3, -0.25) is 4.79 Å². The number of carbonyl (C=O) groups excluding carboxylic acids is 1. The highest BCUT2D eigenvalue weighted by Crippen LogP contribution is 2.47. The van der Waals surface area contributed by atoms with Crippen LogP contribution in [0.1, 0.15) is 41.0 Å². The first-order valence-electron chi connectivity index (χ1n) is 4.49. The van der Waals surface area contributed by atoms with Crippen LogP contribution in [-0.4, -0.2) is 5.78 Å². The molecule has 0 aromatic heterocycles. The molecule has 0 bridgehead atoms. The molecule has 68 valence electrons. The maximum absolute atomic E-state index is 11.7. The molecule has 1 nitrogen and oxygen atoms in total. The Morgan fingerprint density at radius 3 is 2.17 bits per heavy atom. The van der Waals surface area contributed by atoms with Gasteiger partial charge in [0.2, 0.25) is 0 Å². The predicted octanol–water partition coefficient (Wildman–Crippen LogP) is 2.96. The lowest BCUT2D eigenvalue weighted by Gasteiger charge is -2.43. The van der Waals surface area contributed by atoms with Crippen molar-refractivity contribution >= 4 is 5.78 Å². The molecule has 0 amide bonds. The van der Waals surface area contributed by atoms with Gasteiger partial charge in [0.15, 0.2) is 5.78 Å². The molecule has 0 heterocycles. The van der Waals surface area contributed by atoms with Crippen molar-refractivity contribution in [3.05, 3.63) is 11.6 Å². The average Bonchev–Trinajstić information content (AvgIpc) is 1.82. The summed E-state index contributed by atoms with van der Waals surface area (Å²) in [6.45, 7) is 10.5. The normalized spacial score (nSPS) is 26.8. The third kappa shape index (κ3) is 1.21. The van der Waals surface area contributed by atoms with Gasteiger partial charge >= 0.3 is 0 Å². The number of hydrogen-bond donors (Lipinski definition) is 0. The van der Waals surface area contributed by atoms with Crippen molar-refractivity contribution in [2.24, 2.45) is 10.8 Å². The van der Waals surface area contributed by atoms with Crippen LogP contribution in [0.5, 0.6) is 0 Å². The molecule has 0 spiro atoms. The lowest BCUT2D eigenvalue weighted by atomic mass is 9.60. The van der Waals surface area contributed by atoms with Crippen LogP contribution in [0.3, 0.4) is 0 Å². The van der Waals surface area contributed by atoms with Gasteiger partial charge in [0.05, 0.1) is 0 Å². The Labute approximate surface area is 74.9 Å². The molecule has 0 unspecified atom stereocenters. The zero-order valence-electron chi connectivity index (χ0n) is 8.69. The Balaban J connectivity index is 3.12. The number of rotatable bonds is 0. The van der Waals surface area contributed by atoms with E-state index in [0.717, 1.165) is 6.42 Å². The molecule has 0 saturated heterocycles. The topological polar surface area (TPSA) is 17.1 Å². The van der Waals surface area contributed by atoms with Crippen LogP contribution in [0.2, 0.25) is 0 Å². The molecular formula is C11H18O. The second-order valence-corrected chi connectivity index (χ2v) is 5.04. The summed E-state index contributed by atoms with van der Waals surface area (Å²) in [5.74, 6) is 0.274. The van der Waals surface area contributed by atoms with Crippen molar-refractivity contribution in [2.45, 2.75) is 41.0 Å². The molecule has 12 heavy (non-hydrogen) atoms. The summed E-state index contributed by atoms with van der Waals surface area (Å²) in [4.78, 5) is 11.7. The molecule has 0 aromatic rings. The molecule has 0 aromatic carbocycles. The van der Waals surface area contributed by atoms with Crippen LogP contribution in [0.15, 0.2) is 11.6 Å². The molecule has 0 N–H and O–H groups in total. The minimum atomic E-state index is -0.202. The zero-order chi connectivity index (χ0) is 9.57. The Bertz CT molecular complexity index is 244. The van der Waals surface area contributed by atoms with E-state index in [1.165, 1.54) is 5.57 Å². The molecule has 0 fully saturated rings. The van der Waals surface area contributed by atoms with E-state index in [1.54, 1.807) is 6.08 Å². The van der Waals surface area contributed by atoms with Crippen LogP contribution < -0.4 is 0 Å². The van der Waals surface area contributed by atoms with E-state index < -0.39 is 0 Å². The van der Waals surface area contributed by atoms with Crippen molar-refractivity contribution in [1.82, 2.24) is 0 Å². The van der Waals surface area contributed by atoms with Gasteiger partial charge in [0, 0.05) is 5.41 Å². The Hall–Kier alpha value is -0.590. The summed E-state index contributed by atoms with van der Waals surface area (Å²) in [6, 6.07) is 0. The monoisotopic (exact) mass is 166 g/mol. The second kappa shape index (κ2) is 2.45. The number of hydrogen-bond acceptors (Lipinski definition) is 1. The fourth-order valence-electron chi connectivity index (χ4n) is 1.71. The van der Waals surface area contributed by atoms with Gasteiger partial charge in [-0.05, 0) is 24.8 Å². The average molecular weight is 166 g/mol. The summed E-state index contributed by atoms with van der Waals surface area (Å²) in [5, 5.41) is 0. The quantitative estimate of drug-likeness (QED) is 0.540. The van der Waals surface area contributed by atoms with Crippen molar-refractivity contribution in [2.75, 3.05) is 0 Å². The van der Waals surface area contributed by atoms with Gasteiger partial charge in [0.25, 0.3) is 0 Å². The van der Waals surface area contributed by atoms with E-state index in [2.05, 4.69) is 13.8 Å². The largest absolute Gasteiger partial charge is 0.294 e. The molecule has 0 atom stereocenters. The molecule has 1 aliphatic rings. The highest BCUT2D eigenvalue weighted by Gasteiger charge is 2.44. The van der Waals surface area contributed by atoms with Gasteiger partial charge < -0.3 is 0 Å². The first-order chi connectivity index (χ1) is 5.27. The molecule has 0 aliphatic heterocycles. The van der Waals surface area contributed by atoms with Crippen molar-refractivity contribution in [3.8, 4) is 0 Å². The summed E-state index contributed by atoms with van der Waals surface area (Å²) >= 11 is 0. The predicted molar refractivity (Wildman–Crippen MR) is 50.9 cm³/mol. The third-order valence-electron chi connectivity index (χ3n) is 3.41. The number of allylic oxidation sites excluding steroid dienone is 2. The Morgan fingerprint density at radius 2 is 1.75 bits per heavy atom. The molecule has 1 rings (SSSR count). The van der Waals surface area contributed by atoms with Gasteiger partial charge in [-0.2, -0.15) is 0 Å². The van der Waals surface area contributed by atoms with E-state index in [-0.39, 0.29) is 16.6 Å². The van der Waals surface area contributed by atoms with Gasteiger partial charge in [-0.25, -0.2) is 0 Å². The summed E-state index contributed by atoms with van der Waals surface area (Å²) in [6.07, 6.45) is 2.83. The summed E-state index contributed by atoms with van der Waals surface area (Å²) in [5.41, 5.74) is 1.11. The standard InChI is InChI=1S/C11H18O/c1-8-6-9(12)11(4,5)10(2,3)7-8/h6H,7H2,1-5H3. The second-order valence-electron chi connectivity index (χ2n) is 5.04. The van der Waals surface area contributed by atoms with Crippen LogP contribution in [0.25, 0.3) is 0 Å². The molecule has 0 radical (unpaired) electrons. The van der Waals surface area contributed by atoms with Crippen LogP contribution in [0.4, 0.5) is 0 Å². The van der Waals surface area contributed by atoms with Crippen LogP contribution in [-0.2, 0) is 4.79 Å². The molecular weight excluding hydrogens is 148 g/mol. The number of ketones is 1. The lowest BCUT2D eigenvalue weighted by Crippen LogP contribution is -2.41. The van der Waals surface area contributed by atoms with Crippen LogP contribution >= 0.6 is 0 Å². The maximum Gasteiger partial charge on any atom is 0.161 e. The Kier molecular flexibility index (Phi) is 1.94. The van der Waals surface area contributed by atoms with E-state index in [1.807, 2.05) is 20.8 Å².